The minimum Gasteiger partial charge on any atom is -0.312 e. The summed E-state index contributed by atoms with van der Waals surface area (Å²) in [4.78, 5) is 5.76. The normalized spacial score (nSPS) is 11.2. The fraction of sp³-hybridized carbons (Fsp3) is 0.400. The summed E-state index contributed by atoms with van der Waals surface area (Å²) in [6.07, 6.45) is 2.83. The van der Waals surface area contributed by atoms with Gasteiger partial charge in [-0.1, -0.05) is 37.6 Å². The molecule has 0 atom stereocenters. The molecule has 0 aliphatic rings. The lowest BCUT2D eigenvalue weighted by Gasteiger charge is -2.04. The molecular weight excluding hydrogens is 276 g/mol. The zero-order valence-corrected chi connectivity index (χ0v) is 12.9. The molecule has 0 amide bonds. The maximum Gasteiger partial charge on any atom is 0.0972 e. The highest BCUT2D eigenvalue weighted by atomic mass is 35.5. The first-order valence-corrected chi connectivity index (χ1v) is 7.71. The van der Waals surface area contributed by atoms with E-state index in [2.05, 4.69) is 30.2 Å². The monoisotopic (exact) mass is 294 g/mol. The molecule has 0 spiro atoms. The number of hydrogen-bond donors (Lipinski definition) is 1. The summed E-state index contributed by atoms with van der Waals surface area (Å²) in [6, 6.07) is 7.97. The van der Waals surface area contributed by atoms with Crippen molar-refractivity contribution in [1.29, 1.82) is 0 Å². The highest BCUT2D eigenvalue weighted by molar-refractivity contribution is 7.11. The fourth-order valence-electron chi connectivity index (χ4n) is 1.82. The smallest absolute Gasteiger partial charge is 0.0972 e. The van der Waals surface area contributed by atoms with Crippen molar-refractivity contribution in [2.45, 2.75) is 26.8 Å². The van der Waals surface area contributed by atoms with Crippen molar-refractivity contribution in [3.8, 4) is 0 Å². The average Bonchev–Trinajstić information content (AvgIpc) is 2.76. The van der Waals surface area contributed by atoms with Gasteiger partial charge in [-0.2, -0.15) is 0 Å². The Kier molecular flexibility index (Phi) is 5.37. The van der Waals surface area contributed by atoms with Gasteiger partial charge in [0.2, 0.25) is 0 Å². The fourth-order valence-corrected chi connectivity index (χ4v) is 2.96. The van der Waals surface area contributed by atoms with Crippen LogP contribution in [0.4, 0.5) is 0 Å². The molecule has 0 aliphatic carbocycles. The maximum atomic E-state index is 5.99. The summed E-state index contributed by atoms with van der Waals surface area (Å²) in [5, 5.41) is 5.36. The van der Waals surface area contributed by atoms with E-state index in [4.69, 9.17) is 11.6 Å². The van der Waals surface area contributed by atoms with Crippen LogP contribution in [0.15, 0.2) is 30.5 Å². The van der Waals surface area contributed by atoms with Crippen LogP contribution in [-0.4, -0.2) is 11.5 Å². The molecule has 2 aromatic rings. The van der Waals surface area contributed by atoms with E-state index in [9.17, 15) is 0 Å². The van der Waals surface area contributed by atoms with Gasteiger partial charge in [-0.15, -0.1) is 11.3 Å². The Morgan fingerprint density at radius 2 is 2.21 bits per heavy atom. The van der Waals surface area contributed by atoms with Gasteiger partial charge in [0.15, 0.2) is 0 Å². The van der Waals surface area contributed by atoms with Crippen LogP contribution in [0.2, 0.25) is 5.02 Å². The van der Waals surface area contributed by atoms with Crippen LogP contribution in [0.1, 0.15) is 29.3 Å². The van der Waals surface area contributed by atoms with Crippen LogP contribution in [0, 0.1) is 5.92 Å². The van der Waals surface area contributed by atoms with Crippen LogP contribution in [0.5, 0.6) is 0 Å². The molecule has 0 unspecified atom stereocenters. The third kappa shape index (κ3) is 4.94. The number of aromatic nitrogens is 1. The minimum atomic E-state index is 0.679. The standard InChI is InChI=1S/C15H19ClN2S/c1-11(2)8-17-9-14-10-18-15(19-14)7-12-4-3-5-13(16)6-12/h3-6,10-11,17H,7-9H2,1-2H3. The molecule has 1 aromatic heterocycles. The van der Waals surface area contributed by atoms with Gasteiger partial charge in [-0.25, -0.2) is 4.98 Å². The van der Waals surface area contributed by atoms with Gasteiger partial charge < -0.3 is 5.32 Å². The lowest BCUT2D eigenvalue weighted by Crippen LogP contribution is -2.18. The molecular formula is C15H19ClN2S. The molecule has 4 heteroatoms. The largest absolute Gasteiger partial charge is 0.312 e. The van der Waals surface area contributed by atoms with Crippen molar-refractivity contribution < 1.29 is 0 Å². The van der Waals surface area contributed by atoms with Gasteiger partial charge in [-0.05, 0) is 30.2 Å². The Labute approximate surface area is 123 Å². The molecule has 0 bridgehead atoms. The van der Waals surface area contributed by atoms with E-state index >= 15 is 0 Å². The third-order valence-electron chi connectivity index (χ3n) is 2.70. The van der Waals surface area contributed by atoms with E-state index in [1.165, 1.54) is 10.4 Å². The Morgan fingerprint density at radius 3 is 2.95 bits per heavy atom. The molecule has 19 heavy (non-hydrogen) atoms. The Morgan fingerprint density at radius 1 is 1.37 bits per heavy atom. The first kappa shape index (κ1) is 14.5. The van der Waals surface area contributed by atoms with Gasteiger partial charge in [0.05, 0.1) is 5.01 Å². The topological polar surface area (TPSA) is 24.9 Å². The van der Waals surface area contributed by atoms with Crippen molar-refractivity contribution in [3.63, 3.8) is 0 Å². The lowest BCUT2D eigenvalue weighted by atomic mass is 10.2. The molecule has 2 nitrogen and oxygen atoms in total. The molecule has 1 heterocycles. The summed E-state index contributed by atoms with van der Waals surface area (Å²) in [5.41, 5.74) is 1.21. The zero-order chi connectivity index (χ0) is 13.7. The molecule has 0 radical (unpaired) electrons. The SMILES string of the molecule is CC(C)CNCc1cnc(Cc2cccc(Cl)c2)s1. The van der Waals surface area contributed by atoms with Gasteiger partial charge >= 0.3 is 0 Å². The number of rotatable bonds is 6. The van der Waals surface area contributed by atoms with Crippen molar-refractivity contribution in [2.75, 3.05) is 6.54 Å². The number of nitrogens with zero attached hydrogens (tertiary/aromatic N) is 1. The highest BCUT2D eigenvalue weighted by Crippen LogP contribution is 2.19. The molecule has 0 saturated carbocycles. The van der Waals surface area contributed by atoms with Crippen LogP contribution >= 0.6 is 22.9 Å². The van der Waals surface area contributed by atoms with E-state index in [0.29, 0.717) is 5.92 Å². The zero-order valence-electron chi connectivity index (χ0n) is 11.3. The summed E-state index contributed by atoms with van der Waals surface area (Å²) in [5.74, 6) is 0.679. The first-order chi connectivity index (χ1) is 9.13. The van der Waals surface area contributed by atoms with Gasteiger partial charge in [0.1, 0.15) is 0 Å². The molecule has 2 rings (SSSR count). The summed E-state index contributed by atoms with van der Waals surface area (Å²) < 4.78 is 0. The predicted molar refractivity (Wildman–Crippen MR) is 82.9 cm³/mol. The van der Waals surface area contributed by atoms with E-state index in [1.807, 2.05) is 24.4 Å². The van der Waals surface area contributed by atoms with Crippen molar-refractivity contribution >= 4 is 22.9 Å². The number of nitrogens with one attached hydrogen (secondary N) is 1. The van der Waals surface area contributed by atoms with E-state index in [1.54, 1.807) is 11.3 Å². The third-order valence-corrected chi connectivity index (χ3v) is 3.93. The molecule has 1 N–H and O–H groups in total. The summed E-state index contributed by atoms with van der Waals surface area (Å²) >= 11 is 7.76. The van der Waals surface area contributed by atoms with E-state index in [-0.39, 0.29) is 0 Å². The van der Waals surface area contributed by atoms with E-state index < -0.39 is 0 Å². The van der Waals surface area contributed by atoms with Gasteiger partial charge in [0.25, 0.3) is 0 Å². The molecule has 0 aliphatic heterocycles. The maximum absolute atomic E-state index is 5.99. The van der Waals surface area contributed by atoms with Crippen LogP contribution < -0.4 is 5.32 Å². The van der Waals surface area contributed by atoms with Gasteiger partial charge in [0, 0.05) is 29.1 Å². The molecule has 1 aromatic carbocycles. The Balaban J connectivity index is 1.90. The van der Waals surface area contributed by atoms with Crippen LogP contribution in [0.25, 0.3) is 0 Å². The summed E-state index contributed by atoms with van der Waals surface area (Å²) in [6.45, 7) is 6.38. The van der Waals surface area contributed by atoms with Crippen LogP contribution in [-0.2, 0) is 13.0 Å². The second-order valence-corrected chi connectivity index (χ2v) is 6.69. The molecule has 0 fully saturated rings. The lowest BCUT2D eigenvalue weighted by molar-refractivity contribution is 0.554. The quantitative estimate of drug-likeness (QED) is 0.866. The van der Waals surface area contributed by atoms with Crippen molar-refractivity contribution in [2.24, 2.45) is 5.92 Å². The van der Waals surface area contributed by atoms with Crippen LogP contribution in [0.3, 0.4) is 0 Å². The number of thiazole rings is 1. The van der Waals surface area contributed by atoms with Crippen molar-refractivity contribution in [1.82, 2.24) is 10.3 Å². The predicted octanol–water partition coefficient (Wildman–Crippen LogP) is 4.13. The molecule has 102 valence electrons. The Bertz CT molecular complexity index is 522. The number of benzene rings is 1. The van der Waals surface area contributed by atoms with E-state index in [0.717, 1.165) is 29.5 Å². The minimum absolute atomic E-state index is 0.679. The number of hydrogen-bond acceptors (Lipinski definition) is 3. The molecule has 0 saturated heterocycles. The Hall–Kier alpha value is -0.900. The highest BCUT2D eigenvalue weighted by Gasteiger charge is 2.04. The van der Waals surface area contributed by atoms with Gasteiger partial charge in [-0.3, -0.25) is 0 Å². The van der Waals surface area contributed by atoms with Crippen molar-refractivity contribution in [3.05, 3.63) is 50.9 Å². The first-order valence-electron chi connectivity index (χ1n) is 6.52. The second-order valence-electron chi connectivity index (χ2n) is 5.05. The summed E-state index contributed by atoms with van der Waals surface area (Å²) in [7, 11) is 0. The average molecular weight is 295 g/mol. The number of halogens is 1. The second kappa shape index (κ2) is 7.04.